The zero-order valence-electron chi connectivity index (χ0n) is 12.6. The molecule has 4 atom stereocenters. The zero-order valence-corrected chi connectivity index (χ0v) is 13.5. The monoisotopic (exact) mass is 364 g/mol. The minimum atomic E-state index is -4.71. The van der Waals surface area contributed by atoms with E-state index < -0.39 is 49.3 Å². The molecule has 25 heavy (non-hydrogen) atoms. The van der Waals surface area contributed by atoms with Gasteiger partial charge in [0, 0.05) is 6.07 Å². The van der Waals surface area contributed by atoms with Gasteiger partial charge in [-0.15, -0.1) is 9.35 Å². The Morgan fingerprint density at radius 3 is 2.20 bits per heavy atom. The zero-order chi connectivity index (χ0) is 17.9. The lowest BCUT2D eigenvalue weighted by atomic mass is 9.85. The Morgan fingerprint density at radius 2 is 1.64 bits per heavy atom. The molecule has 2 bridgehead atoms. The van der Waals surface area contributed by atoms with Gasteiger partial charge in [0.05, 0.1) is 16.8 Å². The van der Waals surface area contributed by atoms with Gasteiger partial charge in [-0.3, -0.25) is 19.7 Å². The minimum absolute atomic E-state index is 0.103. The Morgan fingerprint density at radius 1 is 1.08 bits per heavy atom. The van der Waals surface area contributed by atoms with Gasteiger partial charge in [-0.2, -0.15) is 8.42 Å². The number of hydrogen-bond acceptors (Lipinski definition) is 7. The van der Waals surface area contributed by atoms with E-state index in [1.165, 1.54) is 12.1 Å². The summed E-state index contributed by atoms with van der Waals surface area (Å²) in [6.45, 7) is 0. The van der Waals surface area contributed by atoms with Crippen molar-refractivity contribution in [3.63, 3.8) is 0 Å². The number of nitrogens with zero attached hydrogens (tertiary/aromatic N) is 2. The number of benzene rings is 1. The van der Waals surface area contributed by atoms with Crippen LogP contribution >= 0.6 is 0 Å². The molecule has 1 heterocycles. The molecule has 3 aliphatic rings. The first-order valence-electron chi connectivity index (χ1n) is 7.55. The molecule has 130 valence electrons. The van der Waals surface area contributed by atoms with Crippen LogP contribution in [0.2, 0.25) is 0 Å². The van der Waals surface area contributed by atoms with Crippen LogP contribution in [-0.2, 0) is 24.0 Å². The molecule has 2 aliphatic carbocycles. The predicted molar refractivity (Wildman–Crippen MR) is 80.9 cm³/mol. The molecular weight excluding hydrogens is 352 g/mol. The summed E-state index contributed by atoms with van der Waals surface area (Å²) < 4.78 is 29.6. The number of allylic oxidation sites excluding steroid dienone is 2. The van der Waals surface area contributed by atoms with Crippen molar-refractivity contribution in [2.75, 3.05) is 0 Å². The van der Waals surface area contributed by atoms with Crippen LogP contribution in [0.1, 0.15) is 6.42 Å². The first kappa shape index (κ1) is 15.9. The van der Waals surface area contributed by atoms with Crippen molar-refractivity contribution in [1.29, 1.82) is 0 Å². The number of rotatable bonds is 4. The maximum atomic E-state index is 12.5. The van der Waals surface area contributed by atoms with Gasteiger partial charge in [-0.1, -0.05) is 24.3 Å². The van der Waals surface area contributed by atoms with Crippen molar-refractivity contribution in [3.8, 4) is 0 Å². The van der Waals surface area contributed by atoms with Crippen molar-refractivity contribution in [3.05, 3.63) is 46.5 Å². The van der Waals surface area contributed by atoms with Crippen LogP contribution in [0, 0.1) is 33.8 Å². The van der Waals surface area contributed by atoms with Gasteiger partial charge in [0.1, 0.15) is 0 Å². The van der Waals surface area contributed by atoms with Crippen LogP contribution in [0.4, 0.5) is 5.69 Å². The molecule has 10 heteroatoms. The summed E-state index contributed by atoms with van der Waals surface area (Å²) in [5.41, 5.74) is -0.691. The molecule has 1 saturated carbocycles. The van der Waals surface area contributed by atoms with Crippen molar-refractivity contribution < 1.29 is 27.2 Å². The Kier molecular flexibility index (Phi) is 3.31. The number of hydrogen-bond donors (Lipinski definition) is 0. The Hall–Kier alpha value is -2.59. The van der Waals surface area contributed by atoms with Crippen LogP contribution in [0.15, 0.2) is 41.3 Å². The third-order valence-corrected chi connectivity index (χ3v) is 6.16. The van der Waals surface area contributed by atoms with E-state index in [-0.39, 0.29) is 16.9 Å². The van der Waals surface area contributed by atoms with Crippen molar-refractivity contribution in [1.82, 2.24) is 5.06 Å². The third-order valence-electron chi connectivity index (χ3n) is 4.93. The molecule has 2 fully saturated rings. The highest BCUT2D eigenvalue weighted by molar-refractivity contribution is 7.86. The number of amides is 2. The molecule has 1 aromatic carbocycles. The SMILES string of the molecule is O=C1[C@H]2[C@H](C(=O)N1OS(=O)(=O)c1ccccc1[N+](=O)[O-])[C@H]1C=C[C@H]2C1. The van der Waals surface area contributed by atoms with Crippen molar-refractivity contribution in [2.45, 2.75) is 11.3 Å². The van der Waals surface area contributed by atoms with Gasteiger partial charge >= 0.3 is 10.1 Å². The van der Waals surface area contributed by atoms with E-state index in [0.29, 0.717) is 6.42 Å². The number of fused-ring (bicyclic) bond motifs is 5. The van der Waals surface area contributed by atoms with Crippen LogP contribution < -0.4 is 0 Å². The summed E-state index contributed by atoms with van der Waals surface area (Å²) in [4.78, 5) is 34.4. The fraction of sp³-hybridized carbons (Fsp3) is 0.333. The second-order valence-corrected chi connectivity index (χ2v) is 7.72. The maximum absolute atomic E-state index is 12.5. The first-order chi connectivity index (χ1) is 11.8. The summed E-state index contributed by atoms with van der Waals surface area (Å²) in [5, 5.41) is 11.3. The average molecular weight is 364 g/mol. The van der Waals surface area contributed by atoms with Gasteiger partial charge in [0.25, 0.3) is 17.5 Å². The predicted octanol–water partition coefficient (Wildman–Crippen LogP) is 1.02. The lowest BCUT2D eigenvalue weighted by Gasteiger charge is -2.15. The van der Waals surface area contributed by atoms with E-state index in [1.807, 2.05) is 12.2 Å². The normalized spacial score (nSPS) is 30.2. The Bertz CT molecular complexity index is 909. The van der Waals surface area contributed by atoms with Gasteiger partial charge in [0.2, 0.25) is 0 Å². The number of carbonyl (C=O) groups excluding carboxylic acids is 2. The molecule has 9 nitrogen and oxygen atoms in total. The third kappa shape index (κ3) is 2.21. The van der Waals surface area contributed by atoms with Crippen LogP contribution in [-0.4, -0.2) is 30.2 Å². The lowest BCUT2D eigenvalue weighted by Crippen LogP contribution is -2.35. The van der Waals surface area contributed by atoms with Crippen LogP contribution in [0.25, 0.3) is 0 Å². The number of nitro groups is 1. The van der Waals surface area contributed by atoms with Crippen molar-refractivity contribution >= 4 is 27.6 Å². The van der Waals surface area contributed by atoms with Gasteiger partial charge < -0.3 is 0 Å². The van der Waals surface area contributed by atoms with E-state index in [2.05, 4.69) is 0 Å². The Balaban J connectivity index is 1.66. The fourth-order valence-electron chi connectivity index (χ4n) is 3.91. The molecular formula is C15H12N2O7S. The summed E-state index contributed by atoms with van der Waals surface area (Å²) in [5.74, 6) is -2.88. The number of para-hydroxylation sites is 1. The van der Waals surface area contributed by atoms with E-state index in [4.69, 9.17) is 4.28 Å². The van der Waals surface area contributed by atoms with Gasteiger partial charge in [-0.05, 0) is 24.3 Å². The molecule has 2 amide bonds. The van der Waals surface area contributed by atoms with E-state index in [1.54, 1.807) is 0 Å². The maximum Gasteiger partial charge on any atom is 0.325 e. The van der Waals surface area contributed by atoms with Gasteiger partial charge in [-0.25, -0.2) is 0 Å². The average Bonchev–Trinajstić information content (AvgIpc) is 3.25. The van der Waals surface area contributed by atoms with E-state index >= 15 is 0 Å². The highest BCUT2D eigenvalue weighted by Gasteiger charge is 2.61. The molecule has 0 N–H and O–H groups in total. The van der Waals surface area contributed by atoms with Crippen LogP contribution in [0.5, 0.6) is 0 Å². The number of hydroxylamine groups is 2. The number of nitro benzene ring substituents is 1. The van der Waals surface area contributed by atoms with E-state index in [9.17, 15) is 28.1 Å². The topological polar surface area (TPSA) is 124 Å². The summed E-state index contributed by atoms with van der Waals surface area (Å²) in [6.07, 6.45) is 4.41. The molecule has 0 spiro atoms. The second-order valence-electron chi connectivity index (χ2n) is 6.22. The Labute approximate surface area is 142 Å². The largest absolute Gasteiger partial charge is 0.325 e. The molecule has 1 aromatic rings. The molecule has 0 unspecified atom stereocenters. The smallest absolute Gasteiger partial charge is 0.272 e. The molecule has 4 rings (SSSR count). The molecule has 0 radical (unpaired) electrons. The van der Waals surface area contributed by atoms with Gasteiger partial charge in [0.15, 0.2) is 4.90 Å². The highest BCUT2D eigenvalue weighted by atomic mass is 32.2. The van der Waals surface area contributed by atoms with E-state index in [0.717, 1.165) is 12.1 Å². The summed E-state index contributed by atoms with van der Waals surface area (Å²) in [6, 6.07) is 4.58. The fourth-order valence-corrected chi connectivity index (χ4v) is 4.97. The lowest BCUT2D eigenvalue weighted by molar-refractivity contribution is -0.388. The second kappa shape index (κ2) is 5.20. The quantitative estimate of drug-likeness (QED) is 0.338. The van der Waals surface area contributed by atoms with Crippen molar-refractivity contribution in [2.24, 2.45) is 23.7 Å². The number of carbonyl (C=O) groups is 2. The minimum Gasteiger partial charge on any atom is -0.272 e. The standard InChI is InChI=1S/C15H12N2O7S/c18-14-12-8-5-6-9(7-8)13(12)15(19)16(14)24-25(22,23)11-4-2-1-3-10(11)17(20)21/h1-6,8-9,12-13H,7H2/t8-,9-,12+,13+/m0/s1. The molecule has 0 aromatic heterocycles. The molecule has 1 aliphatic heterocycles. The highest BCUT2D eigenvalue weighted by Crippen LogP contribution is 2.52. The number of imide groups is 1. The molecule has 1 saturated heterocycles. The first-order valence-corrected chi connectivity index (χ1v) is 8.96. The summed E-state index contributed by atoms with van der Waals surface area (Å²) >= 11 is 0. The summed E-state index contributed by atoms with van der Waals surface area (Å²) in [7, 11) is -4.71. The van der Waals surface area contributed by atoms with Crippen LogP contribution in [0.3, 0.4) is 0 Å².